The molecule has 0 aliphatic carbocycles. The Bertz CT molecular complexity index is 960. The summed E-state index contributed by atoms with van der Waals surface area (Å²) in [6.07, 6.45) is 1.52. The molecule has 4 rings (SSSR count). The first-order valence-electron chi connectivity index (χ1n) is 8.78. The summed E-state index contributed by atoms with van der Waals surface area (Å²) in [5.74, 6) is 0.630. The molecule has 0 radical (unpaired) electrons. The highest BCUT2D eigenvalue weighted by atomic mass is 16.5. The fraction of sp³-hybridized carbons (Fsp3) is 0.190. The number of hydrogen-bond donors (Lipinski definition) is 1. The monoisotopic (exact) mass is 361 g/mol. The molecule has 0 saturated carbocycles. The Morgan fingerprint density at radius 1 is 1.07 bits per heavy atom. The topological polar surface area (TPSA) is 75.5 Å². The van der Waals surface area contributed by atoms with Gasteiger partial charge in [-0.1, -0.05) is 48.5 Å². The highest BCUT2D eigenvalue weighted by Crippen LogP contribution is 2.25. The molecule has 3 aromatic rings. The second kappa shape index (κ2) is 7.55. The van der Waals surface area contributed by atoms with E-state index in [0.717, 1.165) is 16.7 Å². The number of carbonyl (C=O) groups is 1. The molecule has 2 aromatic carbocycles. The third-order valence-electron chi connectivity index (χ3n) is 4.46. The van der Waals surface area contributed by atoms with E-state index in [1.807, 2.05) is 54.6 Å². The predicted octanol–water partition coefficient (Wildman–Crippen LogP) is 2.67. The van der Waals surface area contributed by atoms with Crippen LogP contribution in [0.15, 0.2) is 60.8 Å². The fourth-order valence-corrected chi connectivity index (χ4v) is 3.05. The molecule has 136 valence electrons. The van der Waals surface area contributed by atoms with Gasteiger partial charge in [0.25, 0.3) is 5.91 Å². The molecule has 1 amide bonds. The van der Waals surface area contributed by atoms with Crippen LogP contribution in [-0.2, 0) is 13.2 Å². The van der Waals surface area contributed by atoms with Crippen LogP contribution in [0, 0.1) is 0 Å². The zero-order chi connectivity index (χ0) is 18.6. The van der Waals surface area contributed by atoms with Gasteiger partial charge in [-0.25, -0.2) is 4.98 Å². The van der Waals surface area contributed by atoms with Gasteiger partial charge in [0, 0.05) is 18.3 Å². The van der Waals surface area contributed by atoms with Crippen LogP contribution in [0.25, 0.3) is 11.4 Å². The maximum atomic E-state index is 12.9. The average Bonchev–Trinajstić information content (AvgIpc) is 2.87. The summed E-state index contributed by atoms with van der Waals surface area (Å²) < 4.78 is 5.74. The van der Waals surface area contributed by atoms with Crippen LogP contribution in [0.3, 0.4) is 0 Å². The Balaban J connectivity index is 1.62. The van der Waals surface area contributed by atoms with E-state index >= 15 is 0 Å². The number of aliphatic hydroxyl groups excluding tert-OH is 1. The third kappa shape index (κ3) is 3.66. The van der Waals surface area contributed by atoms with Gasteiger partial charge >= 0.3 is 0 Å². The maximum Gasteiger partial charge on any atom is 0.261 e. The van der Waals surface area contributed by atoms with E-state index in [0.29, 0.717) is 37.0 Å². The first kappa shape index (κ1) is 17.2. The Kier molecular flexibility index (Phi) is 4.80. The van der Waals surface area contributed by atoms with Crippen LogP contribution >= 0.6 is 0 Å². The van der Waals surface area contributed by atoms with Crippen LogP contribution in [0.2, 0.25) is 0 Å². The zero-order valence-corrected chi connectivity index (χ0v) is 14.7. The number of benzene rings is 2. The second-order valence-corrected chi connectivity index (χ2v) is 6.33. The van der Waals surface area contributed by atoms with Crippen molar-refractivity contribution in [3.8, 4) is 17.3 Å². The Morgan fingerprint density at radius 2 is 1.89 bits per heavy atom. The van der Waals surface area contributed by atoms with E-state index in [4.69, 9.17) is 4.74 Å². The first-order valence-corrected chi connectivity index (χ1v) is 8.78. The Hall–Kier alpha value is -3.25. The van der Waals surface area contributed by atoms with Crippen molar-refractivity contribution in [3.63, 3.8) is 0 Å². The number of aromatic nitrogens is 2. The highest BCUT2D eigenvalue weighted by molar-refractivity contribution is 5.96. The lowest BCUT2D eigenvalue weighted by Crippen LogP contribution is -2.31. The van der Waals surface area contributed by atoms with Gasteiger partial charge in [-0.3, -0.25) is 4.79 Å². The predicted molar refractivity (Wildman–Crippen MR) is 100 cm³/mol. The van der Waals surface area contributed by atoms with E-state index in [1.54, 1.807) is 4.90 Å². The van der Waals surface area contributed by atoms with Crippen molar-refractivity contribution in [1.29, 1.82) is 0 Å². The molecule has 1 aromatic heterocycles. The van der Waals surface area contributed by atoms with Gasteiger partial charge in [0.1, 0.15) is 12.2 Å². The van der Waals surface area contributed by atoms with Crippen molar-refractivity contribution in [1.82, 2.24) is 14.9 Å². The summed E-state index contributed by atoms with van der Waals surface area (Å²) in [5.41, 5.74) is 2.97. The molecule has 0 fully saturated rings. The largest absolute Gasteiger partial charge is 0.475 e. The first-order chi connectivity index (χ1) is 13.2. The number of hydrogen-bond acceptors (Lipinski definition) is 5. The molecule has 0 saturated heterocycles. The van der Waals surface area contributed by atoms with E-state index in [-0.39, 0.29) is 12.5 Å². The van der Waals surface area contributed by atoms with E-state index in [1.165, 1.54) is 6.20 Å². The maximum absolute atomic E-state index is 12.9. The molecule has 6 heteroatoms. The van der Waals surface area contributed by atoms with Crippen molar-refractivity contribution in [2.45, 2.75) is 13.2 Å². The molecule has 2 heterocycles. The van der Waals surface area contributed by atoms with Crippen LogP contribution in [0.5, 0.6) is 5.88 Å². The molecular formula is C21H19N3O3. The SMILES string of the molecule is O=C1c2cnc(-c3cccc(CO)c3)nc2OCCN1Cc1ccccc1. The molecule has 27 heavy (non-hydrogen) atoms. The summed E-state index contributed by atoms with van der Waals surface area (Å²) in [6.45, 7) is 1.32. The van der Waals surface area contributed by atoms with Gasteiger partial charge < -0.3 is 14.7 Å². The summed E-state index contributed by atoms with van der Waals surface area (Å²) in [5, 5.41) is 9.31. The number of amides is 1. The van der Waals surface area contributed by atoms with Gasteiger partial charge in [0.05, 0.1) is 13.2 Å². The van der Waals surface area contributed by atoms with Crippen molar-refractivity contribution < 1.29 is 14.6 Å². The van der Waals surface area contributed by atoms with Crippen LogP contribution in [0.1, 0.15) is 21.5 Å². The number of aliphatic hydroxyl groups is 1. The van der Waals surface area contributed by atoms with Gasteiger partial charge in [-0.05, 0) is 17.2 Å². The minimum atomic E-state index is -0.137. The van der Waals surface area contributed by atoms with Crippen LogP contribution in [0.4, 0.5) is 0 Å². The van der Waals surface area contributed by atoms with Crippen LogP contribution < -0.4 is 4.74 Å². The number of carbonyl (C=O) groups excluding carboxylic acids is 1. The smallest absolute Gasteiger partial charge is 0.261 e. The van der Waals surface area contributed by atoms with E-state index in [9.17, 15) is 9.90 Å². The molecule has 0 atom stereocenters. The molecule has 0 unspecified atom stereocenters. The second-order valence-electron chi connectivity index (χ2n) is 6.33. The molecule has 1 aliphatic heterocycles. The molecular weight excluding hydrogens is 342 g/mol. The average molecular weight is 361 g/mol. The Morgan fingerprint density at radius 3 is 2.70 bits per heavy atom. The third-order valence-corrected chi connectivity index (χ3v) is 4.46. The van der Waals surface area contributed by atoms with Crippen molar-refractivity contribution in [2.24, 2.45) is 0 Å². The summed E-state index contributed by atoms with van der Waals surface area (Å²) >= 11 is 0. The lowest BCUT2D eigenvalue weighted by atomic mass is 10.1. The molecule has 6 nitrogen and oxygen atoms in total. The lowest BCUT2D eigenvalue weighted by Gasteiger charge is -2.19. The Labute approximate surface area is 157 Å². The van der Waals surface area contributed by atoms with E-state index < -0.39 is 0 Å². The summed E-state index contributed by atoms with van der Waals surface area (Å²) in [7, 11) is 0. The minimum Gasteiger partial charge on any atom is -0.475 e. The summed E-state index contributed by atoms with van der Waals surface area (Å²) in [4.78, 5) is 23.5. The van der Waals surface area contributed by atoms with Gasteiger partial charge in [-0.15, -0.1) is 0 Å². The standard InChI is InChI=1S/C21H19N3O3/c25-14-16-7-4-8-17(11-16)19-22-12-18-20(23-19)27-10-9-24(21(18)26)13-15-5-2-1-3-6-15/h1-8,11-12,25H,9-10,13-14H2. The number of ether oxygens (including phenoxy) is 1. The normalized spacial score (nSPS) is 13.7. The molecule has 1 N–H and O–H groups in total. The van der Waals surface area contributed by atoms with Crippen molar-refractivity contribution in [2.75, 3.05) is 13.2 Å². The zero-order valence-electron chi connectivity index (χ0n) is 14.7. The lowest BCUT2D eigenvalue weighted by molar-refractivity contribution is 0.0742. The van der Waals surface area contributed by atoms with Crippen molar-refractivity contribution >= 4 is 5.91 Å². The quantitative estimate of drug-likeness (QED) is 0.773. The van der Waals surface area contributed by atoms with E-state index in [2.05, 4.69) is 9.97 Å². The van der Waals surface area contributed by atoms with Crippen molar-refractivity contribution in [3.05, 3.63) is 77.5 Å². The number of rotatable bonds is 4. The molecule has 0 spiro atoms. The molecule has 1 aliphatic rings. The van der Waals surface area contributed by atoms with Gasteiger partial charge in [-0.2, -0.15) is 4.98 Å². The van der Waals surface area contributed by atoms with Gasteiger partial charge in [0.15, 0.2) is 5.82 Å². The van der Waals surface area contributed by atoms with Crippen LogP contribution in [-0.4, -0.2) is 39.0 Å². The van der Waals surface area contributed by atoms with Gasteiger partial charge in [0.2, 0.25) is 5.88 Å². The fourth-order valence-electron chi connectivity index (χ4n) is 3.05. The molecule has 0 bridgehead atoms. The minimum absolute atomic E-state index is 0.0534. The summed E-state index contributed by atoms with van der Waals surface area (Å²) in [6, 6.07) is 17.2. The number of fused-ring (bicyclic) bond motifs is 1. The highest BCUT2D eigenvalue weighted by Gasteiger charge is 2.25. The number of nitrogens with zero attached hydrogens (tertiary/aromatic N) is 3.